The number of alkyl halides is 1. The van der Waals surface area contributed by atoms with E-state index in [0.717, 1.165) is 23.5 Å². The highest BCUT2D eigenvalue weighted by atomic mass is 35.5. The number of rotatable bonds is 4. The van der Waals surface area contributed by atoms with Gasteiger partial charge in [0.05, 0.1) is 6.61 Å². The Morgan fingerprint density at radius 2 is 2.33 bits per heavy atom. The fourth-order valence-corrected chi connectivity index (χ4v) is 1.53. The molecule has 0 radical (unpaired) electrons. The summed E-state index contributed by atoms with van der Waals surface area (Å²) >= 11 is 5.57. The number of hydrogen-bond donors (Lipinski definition) is 0. The van der Waals surface area contributed by atoms with Crippen molar-refractivity contribution in [2.75, 3.05) is 19.1 Å². The molecule has 0 amide bonds. The number of ether oxygens (including phenoxy) is 2. The molecule has 0 spiro atoms. The first kappa shape index (κ1) is 10.4. The summed E-state index contributed by atoms with van der Waals surface area (Å²) in [4.78, 5) is 0. The molecule has 0 saturated carbocycles. The predicted octanol–water partition coefficient (Wildman–Crippen LogP) is 3.10. The van der Waals surface area contributed by atoms with Gasteiger partial charge in [0, 0.05) is 17.5 Å². The minimum Gasteiger partial charge on any atom is -0.493 e. The molecule has 0 aliphatic carbocycles. The Morgan fingerprint density at radius 3 is 3.20 bits per heavy atom. The zero-order chi connectivity index (χ0) is 10.5. The molecule has 1 aromatic carbocycles. The van der Waals surface area contributed by atoms with Gasteiger partial charge in [-0.05, 0) is 24.6 Å². The van der Waals surface area contributed by atoms with E-state index in [1.807, 2.05) is 24.3 Å². The van der Waals surface area contributed by atoms with Crippen LogP contribution < -0.4 is 9.47 Å². The maximum Gasteiger partial charge on any atom is 0.130 e. The fraction of sp³-hybridized carbons (Fsp3) is 0.333. The molecule has 0 N–H and O–H groups in total. The van der Waals surface area contributed by atoms with Gasteiger partial charge < -0.3 is 9.47 Å². The van der Waals surface area contributed by atoms with Crippen LogP contribution in [0, 0.1) is 0 Å². The van der Waals surface area contributed by atoms with Crippen molar-refractivity contribution in [1.82, 2.24) is 0 Å². The van der Waals surface area contributed by atoms with E-state index in [0.29, 0.717) is 19.1 Å². The minimum atomic E-state index is 0.629. The monoisotopic (exact) mass is 224 g/mol. The van der Waals surface area contributed by atoms with Crippen LogP contribution in [0.25, 0.3) is 6.08 Å². The topological polar surface area (TPSA) is 18.5 Å². The van der Waals surface area contributed by atoms with Crippen LogP contribution in [-0.4, -0.2) is 19.1 Å². The smallest absolute Gasteiger partial charge is 0.130 e. The van der Waals surface area contributed by atoms with Crippen LogP contribution >= 0.6 is 11.6 Å². The summed E-state index contributed by atoms with van der Waals surface area (Å²) < 4.78 is 11.0. The fourth-order valence-electron chi connectivity index (χ4n) is 1.42. The summed E-state index contributed by atoms with van der Waals surface area (Å²) in [6.07, 6.45) is 4.91. The number of fused-ring (bicyclic) bond motifs is 1. The largest absolute Gasteiger partial charge is 0.493 e. The molecule has 80 valence electrons. The lowest BCUT2D eigenvalue weighted by molar-refractivity contribution is 0.312. The van der Waals surface area contributed by atoms with Crippen LogP contribution in [0.5, 0.6) is 11.5 Å². The molecule has 1 heterocycles. The predicted molar refractivity (Wildman–Crippen MR) is 61.8 cm³/mol. The van der Waals surface area contributed by atoms with Crippen molar-refractivity contribution in [3.05, 3.63) is 29.8 Å². The van der Waals surface area contributed by atoms with E-state index in [-0.39, 0.29) is 0 Å². The first-order valence-corrected chi connectivity index (χ1v) is 5.56. The Morgan fingerprint density at radius 1 is 1.40 bits per heavy atom. The van der Waals surface area contributed by atoms with Crippen LogP contribution in [0.3, 0.4) is 0 Å². The van der Waals surface area contributed by atoms with Gasteiger partial charge in [-0.25, -0.2) is 0 Å². The first-order valence-electron chi connectivity index (χ1n) is 5.02. The summed E-state index contributed by atoms with van der Waals surface area (Å²) in [6.45, 7) is 1.29. The average Bonchev–Trinajstić information content (AvgIpc) is 2.29. The van der Waals surface area contributed by atoms with E-state index in [1.54, 1.807) is 0 Å². The number of hydrogen-bond acceptors (Lipinski definition) is 2. The molecule has 1 aromatic rings. The van der Waals surface area contributed by atoms with Gasteiger partial charge >= 0.3 is 0 Å². The lowest BCUT2D eigenvalue weighted by Crippen LogP contribution is -2.02. The van der Waals surface area contributed by atoms with Crippen LogP contribution in [0.15, 0.2) is 24.3 Å². The zero-order valence-electron chi connectivity index (χ0n) is 8.41. The van der Waals surface area contributed by atoms with Crippen molar-refractivity contribution in [2.45, 2.75) is 6.42 Å². The zero-order valence-corrected chi connectivity index (χ0v) is 9.17. The summed E-state index contributed by atoms with van der Waals surface area (Å²) in [6, 6.07) is 5.88. The maximum atomic E-state index is 5.57. The standard InChI is InChI=1S/C12H13ClO2/c13-6-2-8-14-11-5-4-10-3-1-7-15-12(10)9-11/h1,3-5,9H,2,6-8H2. The third-order valence-electron chi connectivity index (χ3n) is 2.16. The van der Waals surface area contributed by atoms with Crippen molar-refractivity contribution < 1.29 is 9.47 Å². The molecule has 2 rings (SSSR count). The van der Waals surface area contributed by atoms with Gasteiger partial charge in [-0.1, -0.05) is 6.08 Å². The van der Waals surface area contributed by atoms with Crippen LogP contribution in [0.2, 0.25) is 0 Å². The molecule has 15 heavy (non-hydrogen) atoms. The summed E-state index contributed by atoms with van der Waals surface area (Å²) in [5.41, 5.74) is 1.10. The Hall–Kier alpha value is -1.15. The average molecular weight is 225 g/mol. The second-order valence-corrected chi connectivity index (χ2v) is 3.68. The van der Waals surface area contributed by atoms with E-state index >= 15 is 0 Å². The third-order valence-corrected chi connectivity index (χ3v) is 2.43. The lowest BCUT2D eigenvalue weighted by atomic mass is 10.1. The molecule has 0 unspecified atom stereocenters. The van der Waals surface area contributed by atoms with Crippen molar-refractivity contribution in [3.8, 4) is 11.5 Å². The summed E-state index contributed by atoms with van der Waals surface area (Å²) in [7, 11) is 0. The molecular weight excluding hydrogens is 212 g/mol. The van der Waals surface area contributed by atoms with Gasteiger partial charge in [-0.15, -0.1) is 11.6 Å². The Balaban J connectivity index is 2.04. The third kappa shape index (κ3) is 2.66. The van der Waals surface area contributed by atoms with Gasteiger partial charge in [-0.2, -0.15) is 0 Å². The second kappa shape index (κ2) is 5.08. The van der Waals surface area contributed by atoms with Gasteiger partial charge in [-0.3, -0.25) is 0 Å². The van der Waals surface area contributed by atoms with Gasteiger partial charge in [0.1, 0.15) is 18.1 Å². The Kier molecular flexibility index (Phi) is 3.51. The van der Waals surface area contributed by atoms with Gasteiger partial charge in [0.25, 0.3) is 0 Å². The quantitative estimate of drug-likeness (QED) is 0.578. The Labute approximate surface area is 94.5 Å². The molecule has 1 aliphatic rings. The van der Waals surface area contributed by atoms with Crippen LogP contribution in [0.1, 0.15) is 12.0 Å². The molecule has 0 aromatic heterocycles. The minimum absolute atomic E-state index is 0.629. The van der Waals surface area contributed by atoms with Crippen LogP contribution in [-0.2, 0) is 0 Å². The van der Waals surface area contributed by atoms with Crippen LogP contribution in [0.4, 0.5) is 0 Å². The van der Waals surface area contributed by atoms with Crippen molar-refractivity contribution in [2.24, 2.45) is 0 Å². The van der Waals surface area contributed by atoms with Crippen molar-refractivity contribution in [3.63, 3.8) is 0 Å². The van der Waals surface area contributed by atoms with E-state index in [1.165, 1.54) is 0 Å². The molecule has 1 aliphatic heterocycles. The number of benzene rings is 1. The van der Waals surface area contributed by atoms with E-state index in [9.17, 15) is 0 Å². The highest BCUT2D eigenvalue weighted by Crippen LogP contribution is 2.28. The second-order valence-electron chi connectivity index (χ2n) is 3.30. The van der Waals surface area contributed by atoms with E-state index < -0.39 is 0 Å². The molecule has 0 bridgehead atoms. The summed E-state index contributed by atoms with van der Waals surface area (Å²) in [5.74, 6) is 2.36. The van der Waals surface area contributed by atoms with Gasteiger partial charge in [0.2, 0.25) is 0 Å². The van der Waals surface area contributed by atoms with E-state index in [4.69, 9.17) is 21.1 Å². The Bertz CT molecular complexity index is 361. The highest BCUT2D eigenvalue weighted by Gasteiger charge is 2.06. The van der Waals surface area contributed by atoms with Crippen molar-refractivity contribution in [1.29, 1.82) is 0 Å². The van der Waals surface area contributed by atoms with Gasteiger partial charge in [0.15, 0.2) is 0 Å². The SMILES string of the molecule is ClCCCOc1ccc2c(c1)OCC=C2. The van der Waals surface area contributed by atoms with Crippen molar-refractivity contribution >= 4 is 17.7 Å². The maximum absolute atomic E-state index is 5.57. The molecular formula is C12H13ClO2. The van der Waals surface area contributed by atoms with E-state index in [2.05, 4.69) is 6.08 Å². The first-order chi connectivity index (χ1) is 7.40. The molecule has 0 saturated heterocycles. The lowest BCUT2D eigenvalue weighted by Gasteiger charge is -2.13. The molecule has 0 atom stereocenters. The molecule has 2 nitrogen and oxygen atoms in total. The molecule has 0 fully saturated rings. The number of halogens is 1. The normalized spacial score (nSPS) is 13.1. The highest BCUT2D eigenvalue weighted by molar-refractivity contribution is 6.17. The molecule has 3 heteroatoms. The summed E-state index contributed by atoms with van der Waals surface area (Å²) in [5, 5.41) is 0.